The minimum Gasteiger partial charge on any atom is -0.496 e. The van der Waals surface area contributed by atoms with Gasteiger partial charge in [0.1, 0.15) is 0 Å². The predicted molar refractivity (Wildman–Crippen MR) is 71.0 cm³/mol. The molecule has 0 aliphatic carbocycles. The lowest BCUT2D eigenvalue weighted by atomic mass is 10.3. The molecule has 1 nitrogen and oxygen atoms in total. The molecule has 0 radical (unpaired) electrons. The van der Waals surface area contributed by atoms with Crippen LogP contribution in [0.25, 0.3) is 0 Å². The molecule has 15 heavy (non-hydrogen) atoms. The van der Waals surface area contributed by atoms with Crippen molar-refractivity contribution in [2.24, 2.45) is 0 Å². The minimum absolute atomic E-state index is 0.244. The summed E-state index contributed by atoms with van der Waals surface area (Å²) in [7, 11) is 0. The fourth-order valence-electron chi connectivity index (χ4n) is 1.04. The Balaban J connectivity index is 4.06. The van der Waals surface area contributed by atoms with Gasteiger partial charge in [-0.15, -0.1) is 0 Å². The molecule has 0 amide bonds. The highest BCUT2D eigenvalue weighted by molar-refractivity contribution is 9.11. The molecule has 0 heterocycles. The third kappa shape index (κ3) is 9.80. The van der Waals surface area contributed by atoms with E-state index in [0.717, 1.165) is 16.7 Å². The zero-order valence-electron chi connectivity index (χ0n) is 10.1. The van der Waals surface area contributed by atoms with Gasteiger partial charge < -0.3 is 4.74 Å². The second kappa shape index (κ2) is 8.78. The average molecular weight is 273 g/mol. The molecule has 0 aliphatic heterocycles. The van der Waals surface area contributed by atoms with E-state index in [1.807, 2.05) is 39.0 Å². The molecule has 0 saturated carbocycles. The van der Waals surface area contributed by atoms with E-state index < -0.39 is 0 Å². The number of allylic oxidation sites excluding steroid dienone is 6. The van der Waals surface area contributed by atoms with E-state index in [1.54, 1.807) is 0 Å². The molecule has 0 aromatic heterocycles. The van der Waals surface area contributed by atoms with Crippen LogP contribution >= 0.6 is 15.9 Å². The molecule has 2 heteroatoms. The monoisotopic (exact) mass is 272 g/mol. The molecular formula is C13H21BrO. The van der Waals surface area contributed by atoms with Crippen LogP contribution in [0.4, 0.5) is 0 Å². The van der Waals surface area contributed by atoms with Gasteiger partial charge in [0.05, 0.1) is 11.9 Å². The largest absolute Gasteiger partial charge is 0.496 e. The first-order valence-electron chi connectivity index (χ1n) is 5.43. The van der Waals surface area contributed by atoms with Gasteiger partial charge in [0, 0.05) is 4.48 Å². The number of ether oxygens (including phenoxy) is 1. The van der Waals surface area contributed by atoms with Crippen LogP contribution in [0.5, 0.6) is 0 Å². The van der Waals surface area contributed by atoms with Crippen molar-refractivity contribution < 1.29 is 4.74 Å². The summed E-state index contributed by atoms with van der Waals surface area (Å²) in [4.78, 5) is 0. The Bertz CT molecular complexity index is 249. The van der Waals surface area contributed by atoms with E-state index >= 15 is 0 Å². The van der Waals surface area contributed by atoms with Crippen molar-refractivity contribution in [2.45, 2.75) is 46.6 Å². The van der Waals surface area contributed by atoms with Crippen molar-refractivity contribution in [3.05, 3.63) is 34.5 Å². The lowest BCUT2D eigenvalue weighted by Crippen LogP contribution is -1.99. The Morgan fingerprint density at radius 1 is 1.40 bits per heavy atom. The summed E-state index contributed by atoms with van der Waals surface area (Å²) in [5, 5.41) is 0. The number of hydrogen-bond donors (Lipinski definition) is 0. The first-order valence-corrected chi connectivity index (χ1v) is 6.22. The minimum atomic E-state index is 0.244. The van der Waals surface area contributed by atoms with Gasteiger partial charge in [-0.05, 0) is 39.3 Å². The second-order valence-electron chi connectivity index (χ2n) is 3.68. The third-order valence-corrected chi connectivity index (χ3v) is 2.22. The van der Waals surface area contributed by atoms with Crippen molar-refractivity contribution in [2.75, 3.05) is 0 Å². The summed E-state index contributed by atoms with van der Waals surface area (Å²) in [6, 6.07) is 0. The molecule has 86 valence electrons. The van der Waals surface area contributed by atoms with Crippen molar-refractivity contribution in [3.8, 4) is 0 Å². The number of halogens is 1. The Morgan fingerprint density at radius 2 is 2.07 bits per heavy atom. The van der Waals surface area contributed by atoms with E-state index in [9.17, 15) is 0 Å². The maximum atomic E-state index is 5.49. The van der Waals surface area contributed by atoms with Crippen LogP contribution in [0.3, 0.4) is 0 Å². The molecular weight excluding hydrogens is 252 g/mol. The van der Waals surface area contributed by atoms with E-state index in [1.165, 1.54) is 6.42 Å². The highest BCUT2D eigenvalue weighted by atomic mass is 79.9. The lowest BCUT2D eigenvalue weighted by Gasteiger charge is -2.08. The zero-order valence-corrected chi connectivity index (χ0v) is 11.7. The maximum absolute atomic E-state index is 5.49. The van der Waals surface area contributed by atoms with E-state index in [-0.39, 0.29) is 6.10 Å². The average Bonchev–Trinajstić information content (AvgIpc) is 2.13. The highest BCUT2D eigenvalue weighted by Gasteiger charge is 1.92. The quantitative estimate of drug-likeness (QED) is 0.491. The third-order valence-electron chi connectivity index (χ3n) is 1.64. The van der Waals surface area contributed by atoms with Crippen LogP contribution in [-0.4, -0.2) is 6.10 Å². The molecule has 0 atom stereocenters. The molecule has 0 aliphatic rings. The molecule has 0 bridgehead atoms. The summed E-state index contributed by atoms with van der Waals surface area (Å²) in [5.41, 5.74) is 0. The Kier molecular flexibility index (Phi) is 8.49. The number of unbranched alkanes of at least 4 members (excludes halogenated alkanes) is 1. The van der Waals surface area contributed by atoms with E-state index in [0.29, 0.717) is 0 Å². The molecule has 0 rings (SSSR count). The van der Waals surface area contributed by atoms with Gasteiger partial charge in [0.2, 0.25) is 0 Å². The number of rotatable bonds is 6. The fraction of sp³-hybridized carbons (Fsp3) is 0.538. The van der Waals surface area contributed by atoms with Crippen molar-refractivity contribution in [1.82, 2.24) is 0 Å². The maximum Gasteiger partial charge on any atom is 0.0932 e. The topological polar surface area (TPSA) is 9.23 Å². The summed E-state index contributed by atoms with van der Waals surface area (Å²) >= 11 is 3.48. The Labute approximate surface area is 102 Å². The van der Waals surface area contributed by atoms with Crippen LogP contribution in [0.1, 0.15) is 40.5 Å². The van der Waals surface area contributed by atoms with E-state index in [4.69, 9.17) is 4.74 Å². The van der Waals surface area contributed by atoms with Crippen molar-refractivity contribution in [1.29, 1.82) is 0 Å². The van der Waals surface area contributed by atoms with Crippen molar-refractivity contribution in [3.63, 3.8) is 0 Å². The summed E-state index contributed by atoms with van der Waals surface area (Å²) in [6.07, 6.45) is 10.7. The standard InChI is InChI=1S/C13H21BrO/c1-5-6-9-13(14)10-7-8-12(4)15-11(2)3/h7-11H,5-6H2,1-4H3/b10-7-,12-8+,13-9-. The van der Waals surface area contributed by atoms with E-state index in [2.05, 4.69) is 28.9 Å². The number of hydrogen-bond acceptors (Lipinski definition) is 1. The summed E-state index contributed by atoms with van der Waals surface area (Å²) in [6.45, 7) is 8.19. The van der Waals surface area contributed by atoms with Gasteiger partial charge in [0.15, 0.2) is 0 Å². The molecule has 0 spiro atoms. The first kappa shape index (κ1) is 14.5. The van der Waals surface area contributed by atoms with Gasteiger partial charge in [-0.2, -0.15) is 0 Å². The molecule has 0 saturated heterocycles. The van der Waals surface area contributed by atoms with Gasteiger partial charge in [-0.3, -0.25) is 0 Å². The van der Waals surface area contributed by atoms with Crippen LogP contribution in [0, 0.1) is 0 Å². The molecule has 0 fully saturated rings. The lowest BCUT2D eigenvalue weighted by molar-refractivity contribution is 0.149. The first-order chi connectivity index (χ1) is 7.06. The van der Waals surface area contributed by atoms with Crippen LogP contribution in [0.2, 0.25) is 0 Å². The summed E-state index contributed by atoms with van der Waals surface area (Å²) in [5.74, 6) is 0.942. The van der Waals surface area contributed by atoms with Gasteiger partial charge in [-0.1, -0.05) is 41.4 Å². The van der Waals surface area contributed by atoms with Crippen LogP contribution < -0.4 is 0 Å². The highest BCUT2D eigenvalue weighted by Crippen LogP contribution is 2.09. The molecule has 0 aromatic carbocycles. The van der Waals surface area contributed by atoms with Crippen LogP contribution in [0.15, 0.2) is 34.5 Å². The molecule has 0 N–H and O–H groups in total. The molecule has 0 unspecified atom stereocenters. The normalized spacial score (nSPS) is 14.0. The van der Waals surface area contributed by atoms with Crippen molar-refractivity contribution >= 4 is 15.9 Å². The van der Waals surface area contributed by atoms with Crippen LogP contribution in [-0.2, 0) is 4.74 Å². The van der Waals surface area contributed by atoms with Gasteiger partial charge in [-0.25, -0.2) is 0 Å². The smallest absolute Gasteiger partial charge is 0.0932 e. The Morgan fingerprint density at radius 3 is 2.60 bits per heavy atom. The fourth-order valence-corrected chi connectivity index (χ4v) is 1.42. The van der Waals surface area contributed by atoms with Gasteiger partial charge >= 0.3 is 0 Å². The second-order valence-corrected chi connectivity index (χ2v) is 4.60. The molecule has 0 aromatic rings. The Hall–Kier alpha value is -0.500. The zero-order chi connectivity index (χ0) is 11.7. The predicted octanol–water partition coefficient (Wildman–Crippen LogP) is 4.95. The van der Waals surface area contributed by atoms with Gasteiger partial charge in [0.25, 0.3) is 0 Å². The summed E-state index contributed by atoms with van der Waals surface area (Å²) < 4.78 is 6.61. The SMILES string of the molecule is CCC/C=C(Br)/C=C\C=C(/C)OC(C)C.